The van der Waals surface area contributed by atoms with Gasteiger partial charge in [-0.05, 0) is 12.8 Å². The van der Waals surface area contributed by atoms with E-state index < -0.39 is 41.4 Å². The summed E-state index contributed by atoms with van der Waals surface area (Å²) < 4.78 is 49.0. The Morgan fingerprint density at radius 1 is 1.50 bits per heavy atom. The Morgan fingerprint density at radius 3 is 2.65 bits per heavy atom. The maximum Gasteiger partial charge on any atom is 0.255 e. The first-order chi connectivity index (χ1) is 9.25. The summed E-state index contributed by atoms with van der Waals surface area (Å²) in [6.45, 7) is -0.950. The molecule has 1 rings (SSSR count). The molecule has 1 atom stereocenters. The topological polar surface area (TPSA) is 77.9 Å². The molecule has 1 N–H and O–H groups in total. The third-order valence-corrected chi connectivity index (χ3v) is 4.51. The molecule has 0 aromatic heterocycles. The number of piperidine rings is 1. The largest absolute Gasteiger partial charge is 0.395 e. The maximum absolute atomic E-state index is 12.4. The molecular formula is C11H20F2N2O4S. The van der Waals surface area contributed by atoms with E-state index in [1.165, 1.54) is 4.31 Å². The van der Waals surface area contributed by atoms with E-state index in [9.17, 15) is 22.0 Å². The number of halogens is 2. The predicted octanol–water partition coefficient (Wildman–Crippen LogP) is -0.256. The minimum absolute atomic E-state index is 0.0167. The molecule has 0 spiro atoms. The average molecular weight is 314 g/mol. The van der Waals surface area contributed by atoms with Gasteiger partial charge in [0.15, 0.2) is 0 Å². The lowest BCUT2D eigenvalue weighted by Crippen LogP contribution is -2.48. The lowest BCUT2D eigenvalue weighted by atomic mass is 9.98. The monoisotopic (exact) mass is 314 g/mol. The number of nitrogens with zero attached hydrogens (tertiary/aromatic N) is 2. The number of aliphatic hydroxyl groups excluding tert-OH is 1. The molecule has 1 amide bonds. The van der Waals surface area contributed by atoms with Crippen LogP contribution in [-0.4, -0.2) is 74.1 Å². The van der Waals surface area contributed by atoms with Crippen LogP contribution in [0, 0.1) is 5.92 Å². The Balaban J connectivity index is 2.73. The van der Waals surface area contributed by atoms with E-state index in [2.05, 4.69) is 0 Å². The zero-order chi connectivity index (χ0) is 15.3. The van der Waals surface area contributed by atoms with Crippen molar-refractivity contribution >= 4 is 15.9 Å². The first-order valence-corrected chi connectivity index (χ1v) is 8.23. The second-order valence-corrected chi connectivity index (χ2v) is 6.84. The number of hydrogen-bond donors (Lipinski definition) is 1. The van der Waals surface area contributed by atoms with Crippen LogP contribution < -0.4 is 0 Å². The highest BCUT2D eigenvalue weighted by atomic mass is 32.2. The van der Waals surface area contributed by atoms with Crippen molar-refractivity contribution in [3.63, 3.8) is 0 Å². The summed E-state index contributed by atoms with van der Waals surface area (Å²) in [5.41, 5.74) is 0. The molecule has 9 heteroatoms. The van der Waals surface area contributed by atoms with Crippen molar-refractivity contribution in [3.8, 4) is 0 Å². The Kier molecular flexibility index (Phi) is 6.28. The molecule has 0 radical (unpaired) electrons. The molecule has 1 unspecified atom stereocenters. The minimum Gasteiger partial charge on any atom is -0.395 e. The number of hydrogen-bond acceptors (Lipinski definition) is 4. The Bertz CT molecular complexity index is 430. The highest BCUT2D eigenvalue weighted by Gasteiger charge is 2.33. The molecule has 1 fully saturated rings. The van der Waals surface area contributed by atoms with Crippen LogP contribution in [0.4, 0.5) is 8.78 Å². The minimum atomic E-state index is -3.39. The standard InChI is InChI=1S/C11H20F2N2O4S/c1-20(18,19)15-4-2-3-9(7-15)11(17)14(5-6-16)8-10(12)13/h9-10,16H,2-8H2,1H3. The summed E-state index contributed by atoms with van der Waals surface area (Å²) in [5, 5.41) is 8.83. The van der Waals surface area contributed by atoms with E-state index in [0.717, 1.165) is 11.2 Å². The van der Waals surface area contributed by atoms with Gasteiger partial charge >= 0.3 is 0 Å². The van der Waals surface area contributed by atoms with E-state index >= 15 is 0 Å². The zero-order valence-corrected chi connectivity index (χ0v) is 12.2. The van der Waals surface area contributed by atoms with Gasteiger partial charge in [0.05, 0.1) is 25.3 Å². The van der Waals surface area contributed by atoms with Gasteiger partial charge in [-0.1, -0.05) is 0 Å². The number of carbonyl (C=O) groups is 1. The van der Waals surface area contributed by atoms with Crippen molar-refractivity contribution in [1.29, 1.82) is 0 Å². The molecule has 20 heavy (non-hydrogen) atoms. The molecule has 1 saturated heterocycles. The number of amides is 1. The van der Waals surface area contributed by atoms with Crippen molar-refractivity contribution in [2.24, 2.45) is 5.92 Å². The lowest BCUT2D eigenvalue weighted by molar-refractivity contribution is -0.139. The van der Waals surface area contributed by atoms with Crippen LogP contribution in [0.5, 0.6) is 0 Å². The van der Waals surface area contributed by atoms with Crippen LogP contribution in [0.2, 0.25) is 0 Å². The van der Waals surface area contributed by atoms with Gasteiger partial charge in [-0.2, -0.15) is 0 Å². The highest BCUT2D eigenvalue weighted by Crippen LogP contribution is 2.21. The molecule has 0 aliphatic carbocycles. The van der Waals surface area contributed by atoms with Crippen molar-refractivity contribution < 1.29 is 27.1 Å². The molecule has 118 valence electrons. The third-order valence-electron chi connectivity index (χ3n) is 3.24. The van der Waals surface area contributed by atoms with Gasteiger partial charge in [-0.25, -0.2) is 21.5 Å². The number of carbonyl (C=O) groups excluding carboxylic acids is 1. The Morgan fingerprint density at radius 2 is 2.15 bits per heavy atom. The first-order valence-electron chi connectivity index (χ1n) is 6.38. The zero-order valence-electron chi connectivity index (χ0n) is 11.3. The van der Waals surface area contributed by atoms with Crippen LogP contribution in [0.25, 0.3) is 0 Å². The molecule has 6 nitrogen and oxygen atoms in total. The SMILES string of the molecule is CS(=O)(=O)N1CCCC(C(=O)N(CCO)CC(F)F)C1. The molecule has 0 bridgehead atoms. The van der Waals surface area contributed by atoms with Crippen LogP contribution >= 0.6 is 0 Å². The summed E-state index contributed by atoms with van der Waals surface area (Å²) in [5.74, 6) is -1.14. The summed E-state index contributed by atoms with van der Waals surface area (Å²) in [7, 11) is -3.39. The fourth-order valence-electron chi connectivity index (χ4n) is 2.28. The van der Waals surface area contributed by atoms with Crippen LogP contribution in [0.1, 0.15) is 12.8 Å². The van der Waals surface area contributed by atoms with E-state index in [1.54, 1.807) is 0 Å². The summed E-state index contributed by atoms with van der Waals surface area (Å²) in [6, 6.07) is 0. The third kappa shape index (κ3) is 4.95. The van der Waals surface area contributed by atoms with Crippen molar-refractivity contribution in [1.82, 2.24) is 9.21 Å². The maximum atomic E-state index is 12.4. The number of alkyl halides is 2. The highest BCUT2D eigenvalue weighted by molar-refractivity contribution is 7.88. The molecule has 0 aromatic rings. The average Bonchev–Trinajstić information content (AvgIpc) is 2.36. The normalized spacial score (nSPS) is 21.1. The predicted molar refractivity (Wildman–Crippen MR) is 68.8 cm³/mol. The fraction of sp³-hybridized carbons (Fsp3) is 0.909. The second kappa shape index (κ2) is 7.28. The Hall–Kier alpha value is -0.800. The fourth-order valence-corrected chi connectivity index (χ4v) is 3.19. The van der Waals surface area contributed by atoms with Crippen molar-refractivity contribution in [3.05, 3.63) is 0 Å². The van der Waals surface area contributed by atoms with Gasteiger partial charge in [-0.3, -0.25) is 4.79 Å². The van der Waals surface area contributed by atoms with Gasteiger partial charge < -0.3 is 10.0 Å². The number of sulfonamides is 1. The quantitative estimate of drug-likeness (QED) is 0.733. The molecule has 0 saturated carbocycles. The Labute approximate surface area is 117 Å². The van der Waals surface area contributed by atoms with E-state index in [0.29, 0.717) is 19.4 Å². The molecule has 1 heterocycles. The van der Waals surface area contributed by atoms with Crippen LogP contribution in [-0.2, 0) is 14.8 Å². The van der Waals surface area contributed by atoms with Gasteiger partial charge in [0.2, 0.25) is 15.9 Å². The first kappa shape index (κ1) is 17.3. The lowest BCUT2D eigenvalue weighted by Gasteiger charge is -2.33. The van der Waals surface area contributed by atoms with E-state index in [1.807, 2.05) is 0 Å². The van der Waals surface area contributed by atoms with Crippen molar-refractivity contribution in [2.75, 3.05) is 39.0 Å². The molecular weight excluding hydrogens is 294 g/mol. The molecule has 1 aliphatic rings. The van der Waals surface area contributed by atoms with Crippen molar-refractivity contribution in [2.45, 2.75) is 19.3 Å². The summed E-state index contributed by atoms with van der Waals surface area (Å²) in [6.07, 6.45) is -0.633. The van der Waals surface area contributed by atoms with E-state index in [-0.39, 0.29) is 13.1 Å². The van der Waals surface area contributed by atoms with Gasteiger partial charge in [0.1, 0.15) is 0 Å². The van der Waals surface area contributed by atoms with E-state index in [4.69, 9.17) is 5.11 Å². The number of aliphatic hydroxyl groups is 1. The molecule has 0 aromatic carbocycles. The summed E-state index contributed by atoms with van der Waals surface area (Å²) >= 11 is 0. The van der Waals surface area contributed by atoms with Gasteiger partial charge in [0.25, 0.3) is 6.43 Å². The van der Waals surface area contributed by atoms with Crippen LogP contribution in [0.15, 0.2) is 0 Å². The van der Waals surface area contributed by atoms with Gasteiger partial charge in [0, 0.05) is 19.6 Å². The second-order valence-electron chi connectivity index (χ2n) is 4.86. The summed E-state index contributed by atoms with van der Waals surface area (Å²) in [4.78, 5) is 13.1. The van der Waals surface area contributed by atoms with Gasteiger partial charge in [-0.15, -0.1) is 0 Å². The number of rotatable bonds is 6. The van der Waals surface area contributed by atoms with Crippen LogP contribution in [0.3, 0.4) is 0 Å². The molecule has 1 aliphatic heterocycles. The smallest absolute Gasteiger partial charge is 0.255 e.